The van der Waals surface area contributed by atoms with Crippen LogP contribution < -0.4 is 5.73 Å². The van der Waals surface area contributed by atoms with Crippen molar-refractivity contribution in [3.63, 3.8) is 0 Å². The number of hydrogen-bond donors (Lipinski definition) is 2. The first-order valence-corrected chi connectivity index (χ1v) is 3.26. The number of carboxylic acids is 1. The van der Waals surface area contributed by atoms with Gasteiger partial charge in [0.05, 0.1) is 0 Å². The molecule has 64 valence electrons. The lowest BCUT2D eigenvalue weighted by Gasteiger charge is -1.96. The van der Waals surface area contributed by atoms with Gasteiger partial charge in [0.25, 0.3) is 0 Å². The summed E-state index contributed by atoms with van der Waals surface area (Å²) in [6.07, 6.45) is 0.547. The Balaban J connectivity index is 3.15. The lowest BCUT2D eigenvalue weighted by Crippen LogP contribution is -2.06. The van der Waals surface area contributed by atoms with Gasteiger partial charge in [0.1, 0.15) is 12.4 Å². The molecule has 0 aromatic carbocycles. The van der Waals surface area contributed by atoms with E-state index in [-0.39, 0.29) is 6.42 Å². The fourth-order valence-electron chi connectivity index (χ4n) is 0.435. The number of nitrogens with zero attached hydrogens (tertiary/aromatic N) is 1. The van der Waals surface area contributed by atoms with Gasteiger partial charge in [-0.15, -0.1) is 0 Å². The predicted molar refractivity (Wildman–Crippen MR) is 40.1 cm³/mol. The minimum Gasteiger partial charge on any atom is -0.481 e. The summed E-state index contributed by atoms with van der Waals surface area (Å²) >= 11 is 0. The van der Waals surface area contributed by atoms with Crippen molar-refractivity contribution in [2.24, 2.45) is 10.9 Å². The van der Waals surface area contributed by atoms with Crippen LogP contribution in [0.25, 0.3) is 0 Å². The van der Waals surface area contributed by atoms with Crippen LogP contribution in [-0.4, -0.2) is 23.5 Å². The van der Waals surface area contributed by atoms with Gasteiger partial charge in [-0.2, -0.15) is 0 Å². The molecule has 0 heterocycles. The molecule has 0 saturated carbocycles. The topological polar surface area (TPSA) is 84.9 Å². The number of amidine groups is 1. The molecule has 0 saturated heterocycles. The van der Waals surface area contributed by atoms with Gasteiger partial charge in [-0.25, -0.2) is 0 Å². The zero-order chi connectivity index (χ0) is 8.69. The van der Waals surface area contributed by atoms with Crippen molar-refractivity contribution in [3.8, 4) is 0 Å². The molecule has 0 unspecified atom stereocenters. The first-order valence-electron chi connectivity index (χ1n) is 3.26. The quantitative estimate of drug-likeness (QED) is 0.259. The maximum absolute atomic E-state index is 9.98. The lowest BCUT2D eigenvalue weighted by atomic mass is 10.3. The Morgan fingerprint density at radius 3 is 2.82 bits per heavy atom. The summed E-state index contributed by atoms with van der Waals surface area (Å²) in [4.78, 5) is 14.6. The summed E-state index contributed by atoms with van der Waals surface area (Å²) in [5.41, 5.74) is 5.14. The highest BCUT2D eigenvalue weighted by Crippen LogP contribution is 1.89. The molecule has 0 atom stereocenters. The first-order chi connectivity index (χ1) is 5.13. The molecule has 0 rings (SSSR count). The number of carbonyl (C=O) groups is 1. The van der Waals surface area contributed by atoms with Crippen molar-refractivity contribution in [1.82, 2.24) is 0 Å². The molecule has 11 heavy (non-hydrogen) atoms. The molecule has 3 N–H and O–H groups in total. The maximum Gasteiger partial charge on any atom is 0.303 e. The monoisotopic (exact) mass is 160 g/mol. The maximum atomic E-state index is 9.98. The van der Waals surface area contributed by atoms with Gasteiger partial charge in [-0.1, -0.05) is 5.16 Å². The summed E-state index contributed by atoms with van der Waals surface area (Å²) in [5.74, 6) is -0.498. The molecule has 0 aliphatic rings. The highest BCUT2D eigenvalue weighted by Gasteiger charge is 1.95. The number of nitrogens with two attached hydrogens (primary N) is 1. The molecule has 0 aromatic heterocycles. The van der Waals surface area contributed by atoms with E-state index in [1.54, 1.807) is 6.92 Å². The number of aliphatic carboxylic acids is 1. The fraction of sp³-hybridized carbons (Fsp3) is 0.667. The average Bonchev–Trinajstić information content (AvgIpc) is 1.85. The Kier molecular flexibility index (Phi) is 4.89. The molecule has 0 aromatic rings. The van der Waals surface area contributed by atoms with E-state index in [1.807, 2.05) is 0 Å². The van der Waals surface area contributed by atoms with Crippen LogP contribution in [0.4, 0.5) is 0 Å². The van der Waals surface area contributed by atoms with Crippen LogP contribution in [0.1, 0.15) is 19.8 Å². The number of hydrogen-bond acceptors (Lipinski definition) is 3. The van der Waals surface area contributed by atoms with E-state index in [1.165, 1.54) is 0 Å². The third-order valence-corrected chi connectivity index (χ3v) is 0.835. The Morgan fingerprint density at radius 2 is 2.36 bits per heavy atom. The molecule has 0 aliphatic heterocycles. The first kappa shape index (κ1) is 9.74. The summed E-state index contributed by atoms with van der Waals surface area (Å²) in [5, 5.41) is 11.6. The summed E-state index contributed by atoms with van der Waals surface area (Å²) in [6, 6.07) is 0. The number of carboxylic acid groups (broad SMARTS) is 1. The smallest absolute Gasteiger partial charge is 0.303 e. The summed E-state index contributed by atoms with van der Waals surface area (Å²) < 4.78 is 0. The Labute approximate surface area is 64.8 Å². The van der Waals surface area contributed by atoms with Crippen molar-refractivity contribution in [2.45, 2.75) is 19.8 Å². The molecule has 0 fully saturated rings. The largest absolute Gasteiger partial charge is 0.481 e. The zero-order valence-corrected chi connectivity index (χ0v) is 6.41. The molecule has 0 bridgehead atoms. The molecule has 0 aliphatic carbocycles. The number of oxime groups is 1. The summed E-state index contributed by atoms with van der Waals surface area (Å²) in [7, 11) is 0. The van der Waals surface area contributed by atoms with Crippen LogP contribution in [-0.2, 0) is 9.63 Å². The number of rotatable bonds is 5. The van der Waals surface area contributed by atoms with Gasteiger partial charge < -0.3 is 15.7 Å². The van der Waals surface area contributed by atoms with Gasteiger partial charge in [-0.05, 0) is 13.3 Å². The van der Waals surface area contributed by atoms with Crippen LogP contribution in [0.5, 0.6) is 0 Å². The van der Waals surface area contributed by atoms with E-state index < -0.39 is 5.97 Å². The Morgan fingerprint density at radius 1 is 1.73 bits per heavy atom. The Bertz CT molecular complexity index is 152. The second-order valence-electron chi connectivity index (χ2n) is 2.06. The van der Waals surface area contributed by atoms with Crippen molar-refractivity contribution >= 4 is 11.8 Å². The minimum absolute atomic E-state index is 0.0964. The van der Waals surface area contributed by atoms with Crippen molar-refractivity contribution < 1.29 is 14.7 Å². The highest BCUT2D eigenvalue weighted by molar-refractivity contribution is 5.76. The minimum atomic E-state index is -0.831. The van der Waals surface area contributed by atoms with Crippen molar-refractivity contribution in [3.05, 3.63) is 0 Å². The van der Waals surface area contributed by atoms with Gasteiger partial charge >= 0.3 is 5.97 Å². The summed E-state index contributed by atoms with van der Waals surface area (Å²) in [6.45, 7) is 1.89. The van der Waals surface area contributed by atoms with Crippen LogP contribution in [0.15, 0.2) is 5.16 Å². The van der Waals surface area contributed by atoms with Gasteiger partial charge in [0, 0.05) is 6.42 Å². The van der Waals surface area contributed by atoms with E-state index in [0.717, 1.165) is 0 Å². The third kappa shape index (κ3) is 8.74. The van der Waals surface area contributed by atoms with Gasteiger partial charge in [0.15, 0.2) is 0 Å². The molecule has 5 heteroatoms. The van der Waals surface area contributed by atoms with E-state index in [2.05, 4.69) is 9.99 Å². The zero-order valence-electron chi connectivity index (χ0n) is 6.41. The SMILES string of the molecule is C/C(N)=N/OCCCC(=O)O. The van der Waals surface area contributed by atoms with Crippen LogP contribution in [0.2, 0.25) is 0 Å². The second kappa shape index (κ2) is 5.52. The van der Waals surface area contributed by atoms with E-state index >= 15 is 0 Å². The van der Waals surface area contributed by atoms with Crippen LogP contribution in [0.3, 0.4) is 0 Å². The van der Waals surface area contributed by atoms with E-state index in [4.69, 9.17) is 10.8 Å². The fourth-order valence-corrected chi connectivity index (χ4v) is 0.435. The average molecular weight is 160 g/mol. The van der Waals surface area contributed by atoms with Gasteiger partial charge in [-0.3, -0.25) is 4.79 Å². The molecule has 0 radical (unpaired) electrons. The standard InChI is InChI=1S/C6H12N2O3/c1-5(7)8-11-4-2-3-6(9)10/h2-4H2,1H3,(H2,7,8)(H,9,10). The van der Waals surface area contributed by atoms with E-state index in [0.29, 0.717) is 18.9 Å². The lowest BCUT2D eigenvalue weighted by molar-refractivity contribution is -0.137. The molecule has 5 nitrogen and oxygen atoms in total. The van der Waals surface area contributed by atoms with Crippen molar-refractivity contribution in [2.75, 3.05) is 6.61 Å². The van der Waals surface area contributed by atoms with Crippen LogP contribution >= 0.6 is 0 Å². The molecule has 0 spiro atoms. The predicted octanol–water partition coefficient (Wildman–Crippen LogP) is 0.160. The van der Waals surface area contributed by atoms with E-state index in [9.17, 15) is 4.79 Å². The highest BCUT2D eigenvalue weighted by atomic mass is 16.6. The second-order valence-corrected chi connectivity index (χ2v) is 2.06. The van der Waals surface area contributed by atoms with Crippen LogP contribution in [0, 0.1) is 0 Å². The molecular weight excluding hydrogens is 148 g/mol. The molecule has 0 amide bonds. The third-order valence-electron chi connectivity index (χ3n) is 0.835. The molecular formula is C6H12N2O3. The van der Waals surface area contributed by atoms with Crippen molar-refractivity contribution in [1.29, 1.82) is 0 Å². The Hall–Kier alpha value is -1.26. The normalized spacial score (nSPS) is 11.2. The van der Waals surface area contributed by atoms with Gasteiger partial charge in [0.2, 0.25) is 0 Å².